The number of hydrogen-bond acceptors (Lipinski definition) is 9. The van der Waals surface area contributed by atoms with Crippen LogP contribution in [0.25, 0.3) is 0 Å². The van der Waals surface area contributed by atoms with E-state index in [0.29, 0.717) is 43.8 Å². The summed E-state index contributed by atoms with van der Waals surface area (Å²) in [7, 11) is 0. The molecule has 1 amide bonds. The van der Waals surface area contributed by atoms with Crippen LogP contribution in [0.5, 0.6) is 11.8 Å². The number of carbonyl (C=O) groups excluding carboxylic acids is 1. The third-order valence-electron chi connectivity index (χ3n) is 9.37. The first-order chi connectivity index (χ1) is 20.6. The molecule has 8 rings (SSSR count). The number of halogens is 4. The minimum Gasteiger partial charge on any atom is -0.508 e. The molecule has 6 heterocycles. The van der Waals surface area contributed by atoms with E-state index in [1.807, 2.05) is 0 Å². The smallest absolute Gasteiger partial charge is 0.419 e. The van der Waals surface area contributed by atoms with Crippen molar-refractivity contribution in [2.45, 2.75) is 50.4 Å². The van der Waals surface area contributed by atoms with Crippen molar-refractivity contribution in [2.24, 2.45) is 5.41 Å². The summed E-state index contributed by atoms with van der Waals surface area (Å²) in [6.45, 7) is 5.88. The second-order valence-electron chi connectivity index (χ2n) is 12.3. The van der Waals surface area contributed by atoms with Gasteiger partial charge in [-0.2, -0.15) is 23.1 Å². The summed E-state index contributed by atoms with van der Waals surface area (Å²) >= 11 is 5.95. The summed E-state index contributed by atoms with van der Waals surface area (Å²) in [4.78, 5) is 28.9. The van der Waals surface area contributed by atoms with Crippen LogP contribution < -0.4 is 19.9 Å². The number of morpholine rings is 1. The van der Waals surface area contributed by atoms with E-state index >= 15 is 0 Å². The number of anilines is 2. The van der Waals surface area contributed by atoms with Gasteiger partial charge in [0.15, 0.2) is 0 Å². The van der Waals surface area contributed by atoms with Gasteiger partial charge in [0.25, 0.3) is 5.91 Å². The number of piperidine rings is 2. The number of phenols is 1. The lowest BCUT2D eigenvalue weighted by Crippen LogP contribution is -2.61. The lowest BCUT2D eigenvalue weighted by molar-refractivity contribution is -0.137. The predicted molar refractivity (Wildman–Crippen MR) is 152 cm³/mol. The van der Waals surface area contributed by atoms with Crippen molar-refractivity contribution in [1.29, 1.82) is 0 Å². The van der Waals surface area contributed by atoms with Gasteiger partial charge in [0.05, 0.1) is 36.1 Å². The maximum atomic E-state index is 14.1. The molecule has 5 fully saturated rings. The Morgan fingerprint density at radius 2 is 1.95 bits per heavy atom. The van der Waals surface area contributed by atoms with E-state index in [4.69, 9.17) is 26.1 Å². The molecular weight excluding hydrogens is 589 g/mol. The van der Waals surface area contributed by atoms with Gasteiger partial charge in [0, 0.05) is 68.4 Å². The topological polar surface area (TPSA) is 103 Å². The van der Waals surface area contributed by atoms with Crippen LogP contribution in [0.1, 0.15) is 47.3 Å². The number of piperazine rings is 1. The quantitative estimate of drug-likeness (QED) is 0.480. The summed E-state index contributed by atoms with van der Waals surface area (Å²) in [5.74, 6) is -0.560. The highest BCUT2D eigenvalue weighted by Gasteiger charge is 2.46. The Labute approximate surface area is 252 Å². The lowest BCUT2D eigenvalue weighted by Gasteiger charge is -2.47. The van der Waals surface area contributed by atoms with Gasteiger partial charge in [-0.25, -0.2) is 0 Å². The van der Waals surface area contributed by atoms with Crippen LogP contribution in [0.15, 0.2) is 12.1 Å². The number of fused-ring (bicyclic) bond motifs is 4. The molecule has 14 heteroatoms. The number of aromatic nitrogens is 2. The first-order valence-electron chi connectivity index (χ1n) is 14.9. The summed E-state index contributed by atoms with van der Waals surface area (Å²) in [5.41, 5.74) is -1.07. The molecule has 1 aromatic carbocycles. The molecule has 0 radical (unpaired) electrons. The Hall–Kier alpha value is -2.87. The molecule has 1 aromatic heterocycles. The second-order valence-corrected chi connectivity index (χ2v) is 12.8. The molecule has 10 nitrogen and oxygen atoms in total. The molecule has 4 saturated heterocycles. The molecular formula is C29H34ClF3N6O4. The maximum absolute atomic E-state index is 14.1. The van der Waals surface area contributed by atoms with Gasteiger partial charge in [-0.15, -0.1) is 0 Å². The Bertz CT molecular complexity index is 1410. The van der Waals surface area contributed by atoms with Crippen LogP contribution in [0.3, 0.4) is 0 Å². The van der Waals surface area contributed by atoms with E-state index in [2.05, 4.69) is 20.1 Å². The maximum Gasteiger partial charge on any atom is 0.419 e. The minimum absolute atomic E-state index is 0.0197. The molecule has 1 saturated carbocycles. The lowest BCUT2D eigenvalue weighted by atomic mass is 9.92. The summed E-state index contributed by atoms with van der Waals surface area (Å²) in [6.07, 6.45) is -0.558. The highest BCUT2D eigenvalue weighted by atomic mass is 35.5. The zero-order chi connectivity index (χ0) is 29.9. The number of nitrogens with zero attached hydrogens (tertiary/aromatic N) is 5. The molecule has 2 atom stereocenters. The van der Waals surface area contributed by atoms with Gasteiger partial charge in [-0.05, 0) is 38.2 Å². The summed E-state index contributed by atoms with van der Waals surface area (Å²) in [5, 5.41) is 13.0. The van der Waals surface area contributed by atoms with Gasteiger partial charge >= 0.3 is 12.2 Å². The fourth-order valence-electron chi connectivity index (χ4n) is 6.86. The number of ether oxygens (including phenoxy) is 2. The van der Waals surface area contributed by atoms with Crippen LogP contribution in [-0.4, -0.2) is 97.1 Å². The SMILES string of the molecule is O=C1c2nc(OCC3(CN4CCOCC4)CC3)nc(N3CC4CCC3CN4)c2CCN1c1cc(O)cc(Cl)c1C(F)(F)F. The normalized spacial score (nSPS) is 25.2. The van der Waals surface area contributed by atoms with Crippen LogP contribution in [0, 0.1) is 5.41 Å². The van der Waals surface area contributed by atoms with Crippen LogP contribution in [0.2, 0.25) is 5.02 Å². The van der Waals surface area contributed by atoms with Gasteiger partial charge < -0.3 is 29.7 Å². The first-order valence-corrected chi connectivity index (χ1v) is 15.2. The Morgan fingerprint density at radius 1 is 1.16 bits per heavy atom. The number of hydrogen-bond donors (Lipinski definition) is 2. The minimum atomic E-state index is -4.84. The van der Waals surface area contributed by atoms with Crippen molar-refractivity contribution in [3.63, 3.8) is 0 Å². The monoisotopic (exact) mass is 622 g/mol. The van der Waals surface area contributed by atoms with Crippen LogP contribution in [-0.2, 0) is 17.3 Å². The summed E-state index contributed by atoms with van der Waals surface area (Å²) < 4.78 is 54.0. The van der Waals surface area contributed by atoms with E-state index < -0.39 is 34.1 Å². The average Bonchev–Trinajstić information content (AvgIpc) is 3.75. The number of amides is 1. The van der Waals surface area contributed by atoms with Gasteiger partial charge in [0.1, 0.15) is 17.3 Å². The van der Waals surface area contributed by atoms with E-state index in [9.17, 15) is 23.1 Å². The van der Waals surface area contributed by atoms with Gasteiger partial charge in [-0.3, -0.25) is 9.69 Å². The van der Waals surface area contributed by atoms with Crippen molar-refractivity contribution in [2.75, 3.05) is 68.9 Å². The standard InChI is InChI=1S/C29H34ClF3N6O4/c30-21-11-19(40)12-22(23(21)29(31,32)33)38-6-3-20-24(26(38)41)35-27(36-25(20)39-14-17-1-2-18(39)13-34-17)43-16-28(4-5-28)15-37-7-9-42-10-8-37/h11-12,17-18,34,40H,1-10,13-16H2. The molecule has 232 valence electrons. The Kier molecular flexibility index (Phi) is 7.34. The number of alkyl halides is 3. The first kappa shape index (κ1) is 28.9. The van der Waals surface area contributed by atoms with Crippen molar-refractivity contribution < 1.29 is 32.5 Å². The third-order valence-corrected chi connectivity index (χ3v) is 9.67. The van der Waals surface area contributed by atoms with Gasteiger partial charge in [0.2, 0.25) is 0 Å². The van der Waals surface area contributed by atoms with Crippen LogP contribution in [0.4, 0.5) is 24.7 Å². The third kappa shape index (κ3) is 5.60. The zero-order valence-electron chi connectivity index (χ0n) is 23.6. The van der Waals surface area contributed by atoms with Crippen molar-refractivity contribution in [3.05, 3.63) is 34.0 Å². The zero-order valence-corrected chi connectivity index (χ0v) is 24.4. The summed E-state index contributed by atoms with van der Waals surface area (Å²) in [6, 6.07) is 2.28. The van der Waals surface area contributed by atoms with E-state index in [0.717, 1.165) is 68.9 Å². The van der Waals surface area contributed by atoms with Crippen molar-refractivity contribution in [3.8, 4) is 11.8 Å². The molecule has 5 aliphatic heterocycles. The van der Waals surface area contributed by atoms with Gasteiger partial charge in [-0.1, -0.05) is 11.6 Å². The number of rotatable bonds is 7. The molecule has 2 bridgehead atoms. The molecule has 2 unspecified atom stereocenters. The van der Waals surface area contributed by atoms with E-state index in [1.165, 1.54) is 0 Å². The molecule has 43 heavy (non-hydrogen) atoms. The van der Waals surface area contributed by atoms with Crippen LogP contribution >= 0.6 is 11.6 Å². The molecule has 1 aliphatic carbocycles. The molecule has 2 N–H and O–H groups in total. The number of benzene rings is 1. The van der Waals surface area contributed by atoms with Crippen molar-refractivity contribution >= 4 is 29.0 Å². The largest absolute Gasteiger partial charge is 0.508 e. The molecule has 2 aromatic rings. The van der Waals surface area contributed by atoms with E-state index in [-0.39, 0.29) is 36.1 Å². The predicted octanol–water partition coefficient (Wildman–Crippen LogP) is 3.49. The second kappa shape index (κ2) is 10.9. The number of phenolic OH excluding ortho intramolecular Hbond substituents is 1. The molecule has 0 spiro atoms. The highest BCUT2D eigenvalue weighted by molar-refractivity contribution is 6.32. The highest BCUT2D eigenvalue weighted by Crippen LogP contribution is 2.47. The fraction of sp³-hybridized carbons (Fsp3) is 0.621. The average molecular weight is 623 g/mol. The van der Waals surface area contributed by atoms with Crippen molar-refractivity contribution in [1.82, 2.24) is 20.2 Å². The molecule has 6 aliphatic rings. The number of carbonyl (C=O) groups is 1. The Morgan fingerprint density at radius 3 is 2.60 bits per heavy atom. The van der Waals surface area contributed by atoms with E-state index in [1.54, 1.807) is 0 Å². The fourth-order valence-corrected chi connectivity index (χ4v) is 7.18. The Balaban J connectivity index is 1.23. The number of nitrogens with one attached hydrogen (secondary N) is 1. The number of aromatic hydroxyl groups is 1.